The van der Waals surface area contributed by atoms with E-state index in [0.29, 0.717) is 5.56 Å². The number of fused-ring (bicyclic) bond motifs is 1. The fourth-order valence-electron chi connectivity index (χ4n) is 4.33. The van der Waals surface area contributed by atoms with Crippen LogP contribution in [0.2, 0.25) is 0 Å². The number of carbonyl (C=O) groups excluding carboxylic acids is 2. The number of nitrogens with zero attached hydrogens (tertiary/aromatic N) is 1. The summed E-state index contributed by atoms with van der Waals surface area (Å²) < 4.78 is 46.8. The van der Waals surface area contributed by atoms with Crippen LogP contribution >= 0.6 is 0 Å². The molecule has 1 N–H and O–H groups in total. The van der Waals surface area contributed by atoms with Crippen LogP contribution in [0.3, 0.4) is 0 Å². The second-order valence-corrected chi connectivity index (χ2v) is 9.39. The highest BCUT2D eigenvalue weighted by Gasteiger charge is 2.44. The number of hydrogen-bond donors (Lipinski definition) is 1. The van der Waals surface area contributed by atoms with Crippen molar-refractivity contribution in [2.45, 2.75) is 84.0 Å². The van der Waals surface area contributed by atoms with Crippen LogP contribution in [0.25, 0.3) is 0 Å². The minimum Gasteiger partial charge on any atom is -0.444 e. The lowest BCUT2D eigenvalue weighted by atomic mass is 9.85. The van der Waals surface area contributed by atoms with Crippen molar-refractivity contribution in [1.29, 1.82) is 0 Å². The fourth-order valence-corrected chi connectivity index (χ4v) is 4.33. The molecule has 31 heavy (non-hydrogen) atoms. The molecule has 0 aromatic heterocycles. The normalized spacial score (nSPS) is 22.0. The minimum atomic E-state index is -4.51. The average Bonchev–Trinajstić information content (AvgIpc) is 2.66. The zero-order valence-electron chi connectivity index (χ0n) is 18.4. The molecule has 1 aromatic carbocycles. The maximum absolute atomic E-state index is 13.4. The van der Waals surface area contributed by atoms with Crippen LogP contribution in [0.5, 0.6) is 0 Å². The number of benzene rings is 1. The third kappa shape index (κ3) is 5.46. The summed E-state index contributed by atoms with van der Waals surface area (Å²) in [4.78, 5) is 25.7. The number of alkyl halides is 3. The number of halogens is 3. The zero-order chi connectivity index (χ0) is 23.0. The molecule has 1 aromatic rings. The Morgan fingerprint density at radius 3 is 2.35 bits per heavy atom. The average molecular weight is 439 g/mol. The van der Waals surface area contributed by atoms with Crippen molar-refractivity contribution in [3.8, 4) is 0 Å². The molecule has 5 nitrogen and oxygen atoms in total. The van der Waals surface area contributed by atoms with Gasteiger partial charge in [-0.25, -0.2) is 9.59 Å². The quantitative estimate of drug-likeness (QED) is 0.631. The molecule has 8 heteroatoms. The molecule has 2 aliphatic rings. The van der Waals surface area contributed by atoms with Crippen LogP contribution in [-0.2, 0) is 22.1 Å². The molecule has 0 saturated heterocycles. The molecule has 1 heterocycles. The number of ether oxygens (including phenoxy) is 1. The Morgan fingerprint density at radius 1 is 1.13 bits per heavy atom. The van der Waals surface area contributed by atoms with E-state index in [2.05, 4.69) is 5.32 Å². The highest BCUT2D eigenvalue weighted by atomic mass is 19.4. The van der Waals surface area contributed by atoms with Crippen LogP contribution < -0.4 is 5.32 Å². The first-order valence-electron chi connectivity index (χ1n) is 10.7. The van der Waals surface area contributed by atoms with E-state index in [1.165, 1.54) is 10.6 Å². The van der Waals surface area contributed by atoms with Gasteiger partial charge in [-0.1, -0.05) is 25.3 Å². The number of rotatable bonds is 2. The van der Waals surface area contributed by atoms with Gasteiger partial charge >= 0.3 is 18.2 Å². The molecule has 0 unspecified atom stereocenters. The summed E-state index contributed by atoms with van der Waals surface area (Å²) in [7, 11) is 0. The van der Waals surface area contributed by atoms with Crippen molar-refractivity contribution >= 4 is 23.4 Å². The van der Waals surface area contributed by atoms with Crippen LogP contribution in [-0.4, -0.2) is 33.9 Å². The lowest BCUT2D eigenvalue weighted by molar-refractivity contribution is -0.377. The first-order valence-corrected chi connectivity index (χ1v) is 10.7. The fraction of sp³-hybridized carbons (Fsp3) is 0.609. The van der Waals surface area contributed by atoms with E-state index in [4.69, 9.17) is 4.74 Å². The Hall–Kier alpha value is -2.38. The van der Waals surface area contributed by atoms with Crippen molar-refractivity contribution in [1.82, 2.24) is 5.32 Å². The highest BCUT2D eigenvalue weighted by Crippen LogP contribution is 2.36. The van der Waals surface area contributed by atoms with Gasteiger partial charge in [0.25, 0.3) is 0 Å². The van der Waals surface area contributed by atoms with E-state index in [1.807, 2.05) is 6.92 Å². The predicted octanol–water partition coefficient (Wildman–Crippen LogP) is 5.37. The third-order valence-electron chi connectivity index (χ3n) is 5.84. The third-order valence-corrected chi connectivity index (χ3v) is 5.84. The Kier molecular flexibility index (Phi) is 6.48. The summed E-state index contributed by atoms with van der Waals surface area (Å²) in [6.45, 7) is 6.97. The van der Waals surface area contributed by atoms with E-state index >= 15 is 0 Å². The SMILES string of the molecule is CC(C1CCCCC1)=[N+]1C(=O)[C@H](NC(=O)OC(C)(C)C)Cc2ccc(C(F)(F)F)cc21. The topological polar surface area (TPSA) is 58.4 Å². The Morgan fingerprint density at radius 2 is 1.77 bits per heavy atom. The molecule has 1 fully saturated rings. The van der Waals surface area contributed by atoms with E-state index in [9.17, 15) is 22.8 Å². The van der Waals surface area contributed by atoms with Crippen LogP contribution in [0.15, 0.2) is 18.2 Å². The second-order valence-electron chi connectivity index (χ2n) is 9.39. The molecule has 1 aliphatic heterocycles. The Labute approximate surface area is 180 Å². The number of alkyl carbamates (subject to hydrolysis) is 1. The number of amides is 2. The van der Waals surface area contributed by atoms with Gasteiger partial charge in [0.1, 0.15) is 5.60 Å². The molecular formula is C23H30F3N2O3+. The summed E-state index contributed by atoms with van der Waals surface area (Å²) in [5.74, 6) is -0.305. The highest BCUT2D eigenvalue weighted by molar-refractivity contribution is 5.92. The summed E-state index contributed by atoms with van der Waals surface area (Å²) in [6, 6.07) is 2.56. The van der Waals surface area contributed by atoms with Gasteiger partial charge in [-0.2, -0.15) is 13.2 Å². The monoisotopic (exact) mass is 439 g/mol. The van der Waals surface area contributed by atoms with E-state index in [1.54, 1.807) is 20.8 Å². The molecule has 170 valence electrons. The van der Waals surface area contributed by atoms with Gasteiger partial charge in [0.2, 0.25) is 5.69 Å². The standard InChI is InChI=1S/C23H29F3N2O3/c1-14(15-8-6-5-7-9-15)28-19-13-17(23(24,25)26)11-10-16(19)12-18(20(28)29)27-21(30)31-22(2,3)4/h10-11,13,15,18H,5-9,12H2,1-4H3/p+1/t18-/m1/s1. The first kappa shape index (κ1) is 23.3. The predicted molar refractivity (Wildman–Crippen MR) is 110 cm³/mol. The summed E-state index contributed by atoms with van der Waals surface area (Å²) in [5, 5.41) is 2.61. The van der Waals surface area contributed by atoms with Crippen molar-refractivity contribution < 1.29 is 32.1 Å². The van der Waals surface area contributed by atoms with Crippen molar-refractivity contribution in [3.63, 3.8) is 0 Å². The molecule has 1 atom stereocenters. The molecule has 0 spiro atoms. The smallest absolute Gasteiger partial charge is 0.416 e. The number of hydrogen-bond acceptors (Lipinski definition) is 3. The van der Waals surface area contributed by atoms with Crippen LogP contribution in [0.4, 0.5) is 23.7 Å². The molecular weight excluding hydrogens is 409 g/mol. The van der Waals surface area contributed by atoms with E-state index in [0.717, 1.165) is 49.9 Å². The van der Waals surface area contributed by atoms with Crippen molar-refractivity contribution in [2.75, 3.05) is 0 Å². The minimum absolute atomic E-state index is 0.111. The maximum atomic E-state index is 13.4. The maximum Gasteiger partial charge on any atom is 0.416 e. The van der Waals surface area contributed by atoms with Gasteiger partial charge in [-0.05, 0) is 39.7 Å². The van der Waals surface area contributed by atoms with E-state index in [-0.39, 0.29) is 18.0 Å². The number of carbonyl (C=O) groups is 2. The summed E-state index contributed by atoms with van der Waals surface area (Å²) >= 11 is 0. The van der Waals surface area contributed by atoms with Gasteiger partial charge in [-0.15, -0.1) is 4.58 Å². The van der Waals surface area contributed by atoms with Gasteiger partial charge < -0.3 is 10.1 Å². The van der Waals surface area contributed by atoms with E-state index < -0.39 is 35.4 Å². The second kappa shape index (κ2) is 8.63. The summed E-state index contributed by atoms with van der Waals surface area (Å²) in [5.41, 5.74) is 0.0551. The number of nitrogens with one attached hydrogen (secondary N) is 1. The lowest BCUT2D eigenvalue weighted by Crippen LogP contribution is -2.51. The van der Waals surface area contributed by atoms with Crippen LogP contribution in [0.1, 0.15) is 70.9 Å². The molecule has 3 rings (SSSR count). The van der Waals surface area contributed by atoms with Gasteiger partial charge in [-0.3, -0.25) is 0 Å². The van der Waals surface area contributed by atoms with Gasteiger partial charge in [0.05, 0.1) is 5.56 Å². The van der Waals surface area contributed by atoms with Crippen molar-refractivity contribution in [2.24, 2.45) is 5.92 Å². The zero-order valence-corrected chi connectivity index (χ0v) is 18.4. The van der Waals surface area contributed by atoms with Gasteiger partial charge in [0.15, 0.2) is 11.8 Å². The largest absolute Gasteiger partial charge is 0.444 e. The Bertz CT molecular complexity index is 894. The first-order chi connectivity index (χ1) is 14.4. The molecule has 2 amide bonds. The molecule has 1 aliphatic carbocycles. The van der Waals surface area contributed by atoms with Crippen molar-refractivity contribution in [3.05, 3.63) is 29.3 Å². The Balaban J connectivity index is 2.03. The molecule has 1 saturated carbocycles. The molecule has 0 bridgehead atoms. The molecule has 0 radical (unpaired) electrons. The lowest BCUT2D eigenvalue weighted by Gasteiger charge is -2.27. The summed E-state index contributed by atoms with van der Waals surface area (Å²) in [6.07, 6.45) is -0.152. The van der Waals surface area contributed by atoms with Gasteiger partial charge in [0, 0.05) is 30.9 Å². The van der Waals surface area contributed by atoms with Crippen LogP contribution in [0, 0.1) is 5.92 Å².